The topological polar surface area (TPSA) is 115 Å². The summed E-state index contributed by atoms with van der Waals surface area (Å²) >= 11 is 0. The van der Waals surface area contributed by atoms with Crippen molar-refractivity contribution in [3.63, 3.8) is 0 Å². The molecule has 0 saturated carbocycles. The molecule has 2 aromatic rings. The van der Waals surface area contributed by atoms with Crippen LogP contribution < -0.4 is 9.47 Å². The molecule has 2 aromatic carbocycles. The number of amidine groups is 2. The summed E-state index contributed by atoms with van der Waals surface area (Å²) in [4.78, 5) is 3.99. The van der Waals surface area contributed by atoms with Crippen molar-refractivity contribution in [1.29, 1.82) is 0 Å². The molecular weight excluding hydrogens is 413 g/mol. The molecule has 0 amide bonds. The SMILES string of the molecule is COc1ccc(C2=NS(=O)(=O)N(S(=O)(=O)F)C(c3ccc(OC)cc3)=N2)cc1. The Labute approximate surface area is 161 Å². The van der Waals surface area contributed by atoms with Crippen LogP contribution in [0.15, 0.2) is 57.9 Å². The quantitative estimate of drug-likeness (QED) is 0.671. The van der Waals surface area contributed by atoms with E-state index in [9.17, 15) is 20.7 Å². The predicted octanol–water partition coefficient (Wildman–Crippen LogP) is 1.67. The Morgan fingerprint density at radius 1 is 0.893 bits per heavy atom. The molecular formula is C16H14FN3O6S2. The van der Waals surface area contributed by atoms with Crippen LogP contribution in [0.2, 0.25) is 0 Å². The van der Waals surface area contributed by atoms with Gasteiger partial charge < -0.3 is 9.47 Å². The van der Waals surface area contributed by atoms with Crippen LogP contribution in [0.4, 0.5) is 3.89 Å². The van der Waals surface area contributed by atoms with E-state index in [-0.39, 0.29) is 17.0 Å². The third kappa shape index (κ3) is 3.82. The molecule has 1 heterocycles. The van der Waals surface area contributed by atoms with Gasteiger partial charge in [0.1, 0.15) is 11.5 Å². The second kappa shape index (κ2) is 7.20. The zero-order chi connectivity index (χ0) is 20.5. The lowest BCUT2D eigenvalue weighted by Gasteiger charge is -2.23. The Kier molecular flexibility index (Phi) is 5.08. The van der Waals surface area contributed by atoms with Crippen molar-refractivity contribution in [1.82, 2.24) is 3.71 Å². The summed E-state index contributed by atoms with van der Waals surface area (Å²) in [5, 5.41) is 0. The van der Waals surface area contributed by atoms with Crippen LogP contribution >= 0.6 is 0 Å². The number of benzene rings is 2. The minimum Gasteiger partial charge on any atom is -0.497 e. The van der Waals surface area contributed by atoms with Crippen LogP contribution in [0.1, 0.15) is 11.1 Å². The van der Waals surface area contributed by atoms with Crippen molar-refractivity contribution >= 4 is 32.3 Å². The van der Waals surface area contributed by atoms with Gasteiger partial charge in [0.15, 0.2) is 11.7 Å². The second-order valence-electron chi connectivity index (χ2n) is 5.42. The summed E-state index contributed by atoms with van der Waals surface area (Å²) in [5.41, 5.74) is 0.304. The Morgan fingerprint density at radius 2 is 1.36 bits per heavy atom. The normalized spacial score (nSPS) is 16.2. The van der Waals surface area contributed by atoms with Gasteiger partial charge >= 0.3 is 20.6 Å². The van der Waals surface area contributed by atoms with E-state index >= 15 is 0 Å². The molecule has 0 radical (unpaired) electrons. The number of hydrogen-bond donors (Lipinski definition) is 0. The van der Waals surface area contributed by atoms with E-state index < -0.39 is 30.2 Å². The second-order valence-corrected chi connectivity index (χ2v) is 8.29. The van der Waals surface area contributed by atoms with Crippen LogP contribution in [-0.4, -0.2) is 46.4 Å². The summed E-state index contributed by atoms with van der Waals surface area (Å²) in [5.74, 6) is -0.00334. The van der Waals surface area contributed by atoms with Crippen molar-refractivity contribution in [2.24, 2.45) is 9.39 Å². The lowest BCUT2D eigenvalue weighted by Crippen LogP contribution is -2.42. The molecule has 1 aliphatic rings. The molecule has 0 N–H and O–H groups in total. The minimum absolute atomic E-state index is 0.0338. The number of methoxy groups -OCH3 is 2. The Hall–Kier alpha value is -2.99. The molecule has 148 valence electrons. The third-order valence-corrected chi connectivity index (χ3v) is 6.35. The van der Waals surface area contributed by atoms with Gasteiger partial charge in [-0.2, -0.15) is 16.8 Å². The molecule has 3 rings (SSSR count). The largest absolute Gasteiger partial charge is 0.497 e. The maximum atomic E-state index is 13.8. The first kappa shape index (κ1) is 19.8. The van der Waals surface area contributed by atoms with Gasteiger partial charge in [0.25, 0.3) is 0 Å². The summed E-state index contributed by atoms with van der Waals surface area (Å²) in [6.07, 6.45) is 0. The summed E-state index contributed by atoms with van der Waals surface area (Å²) in [6.45, 7) is 0. The molecule has 0 aliphatic carbocycles. The lowest BCUT2D eigenvalue weighted by molar-refractivity contribution is 0.414. The fourth-order valence-electron chi connectivity index (χ4n) is 2.40. The predicted molar refractivity (Wildman–Crippen MR) is 99.8 cm³/mol. The number of rotatable bonds is 5. The standard InChI is InChI=1S/C16H14FN3O6S2/c1-25-13-7-3-11(4-8-13)15-18-16(12-5-9-14(26-2)10-6-12)20(27(17,21)22)28(23,24)19-15/h3-10H,1-2H3. The number of hydrogen-bond acceptors (Lipinski definition) is 7. The molecule has 0 aromatic heterocycles. The van der Waals surface area contributed by atoms with Crippen LogP contribution in [0.5, 0.6) is 11.5 Å². The summed E-state index contributed by atoms with van der Waals surface area (Å²) in [7, 11) is -7.77. The van der Waals surface area contributed by atoms with Crippen molar-refractivity contribution in [2.75, 3.05) is 14.2 Å². The summed E-state index contributed by atoms with van der Waals surface area (Å²) < 4.78 is 74.6. The molecule has 0 spiro atoms. The highest BCUT2D eigenvalue weighted by Gasteiger charge is 2.41. The fourth-order valence-corrected chi connectivity index (χ4v) is 4.56. The van der Waals surface area contributed by atoms with Gasteiger partial charge in [0.05, 0.1) is 14.2 Å². The van der Waals surface area contributed by atoms with E-state index in [1.54, 1.807) is 12.1 Å². The van der Waals surface area contributed by atoms with E-state index in [0.717, 1.165) is 0 Å². The molecule has 0 fully saturated rings. The van der Waals surface area contributed by atoms with E-state index in [2.05, 4.69) is 9.39 Å². The van der Waals surface area contributed by atoms with Gasteiger partial charge in [0, 0.05) is 11.1 Å². The zero-order valence-corrected chi connectivity index (χ0v) is 16.2. The molecule has 9 nitrogen and oxygen atoms in total. The molecule has 1 aliphatic heterocycles. The van der Waals surface area contributed by atoms with Gasteiger partial charge in [0.2, 0.25) is 0 Å². The Bertz CT molecular complexity index is 1160. The highest BCUT2D eigenvalue weighted by atomic mass is 32.3. The number of ether oxygens (including phenoxy) is 2. The monoisotopic (exact) mass is 427 g/mol. The van der Waals surface area contributed by atoms with Crippen LogP contribution in [0.3, 0.4) is 0 Å². The van der Waals surface area contributed by atoms with E-state index in [4.69, 9.17) is 9.47 Å². The Balaban J connectivity index is 2.19. The van der Waals surface area contributed by atoms with Crippen molar-refractivity contribution in [2.45, 2.75) is 0 Å². The number of nitrogens with zero attached hydrogens (tertiary/aromatic N) is 3. The lowest BCUT2D eigenvalue weighted by atomic mass is 10.2. The molecule has 12 heteroatoms. The van der Waals surface area contributed by atoms with Crippen molar-refractivity contribution < 1.29 is 30.2 Å². The average Bonchev–Trinajstić information content (AvgIpc) is 2.65. The summed E-state index contributed by atoms with van der Waals surface area (Å²) in [6, 6.07) is 11.7. The number of halogens is 1. The average molecular weight is 427 g/mol. The maximum Gasteiger partial charge on any atom is 0.415 e. The maximum absolute atomic E-state index is 13.8. The van der Waals surface area contributed by atoms with Crippen LogP contribution in [0, 0.1) is 0 Å². The van der Waals surface area contributed by atoms with Gasteiger partial charge in [-0.1, -0.05) is 7.60 Å². The fraction of sp³-hybridized carbons (Fsp3) is 0.125. The zero-order valence-electron chi connectivity index (χ0n) is 14.6. The third-order valence-electron chi connectivity index (χ3n) is 3.69. The van der Waals surface area contributed by atoms with Crippen LogP contribution in [-0.2, 0) is 20.6 Å². The van der Waals surface area contributed by atoms with E-state index in [1.165, 1.54) is 50.6 Å². The smallest absolute Gasteiger partial charge is 0.415 e. The molecule has 0 atom stereocenters. The first-order valence-corrected chi connectivity index (χ1v) is 10.4. The molecule has 0 bridgehead atoms. The van der Waals surface area contributed by atoms with Gasteiger partial charge in [-0.05, 0) is 48.5 Å². The van der Waals surface area contributed by atoms with Crippen LogP contribution in [0.25, 0.3) is 0 Å². The van der Waals surface area contributed by atoms with Gasteiger partial charge in [-0.25, -0.2) is 4.99 Å². The van der Waals surface area contributed by atoms with Crippen molar-refractivity contribution in [3.8, 4) is 11.5 Å². The highest BCUT2D eigenvalue weighted by molar-refractivity contribution is 8.02. The van der Waals surface area contributed by atoms with E-state index in [0.29, 0.717) is 11.5 Å². The number of aliphatic imine (C=N–C) groups is 1. The highest BCUT2D eigenvalue weighted by Crippen LogP contribution is 2.25. The van der Waals surface area contributed by atoms with Crippen molar-refractivity contribution in [3.05, 3.63) is 59.7 Å². The van der Waals surface area contributed by atoms with E-state index in [1.807, 2.05) is 0 Å². The first-order chi connectivity index (χ1) is 13.2. The molecule has 0 unspecified atom stereocenters. The first-order valence-electron chi connectivity index (χ1n) is 7.63. The van der Waals surface area contributed by atoms with Gasteiger partial charge in [-0.3, -0.25) is 0 Å². The molecule has 0 saturated heterocycles. The molecule has 28 heavy (non-hydrogen) atoms. The minimum atomic E-state index is -5.71. The Morgan fingerprint density at radius 3 is 1.79 bits per heavy atom. The van der Waals surface area contributed by atoms with Gasteiger partial charge in [-0.15, -0.1) is 4.40 Å².